The highest BCUT2D eigenvalue weighted by molar-refractivity contribution is 6.32. The van der Waals surface area contributed by atoms with Crippen LogP contribution in [0.1, 0.15) is 0 Å². The van der Waals surface area contributed by atoms with Crippen LogP contribution in [0.3, 0.4) is 0 Å². The number of rotatable bonds is 3. The molecule has 0 saturated carbocycles. The monoisotopic (exact) mass is 309 g/mol. The molecular formula is C13H9Cl2N3O2. The zero-order chi connectivity index (χ0) is 14.7. The van der Waals surface area contributed by atoms with Gasteiger partial charge in [0.1, 0.15) is 16.1 Å². The van der Waals surface area contributed by atoms with Gasteiger partial charge in [-0.2, -0.15) is 0 Å². The molecule has 7 heteroatoms. The van der Waals surface area contributed by atoms with E-state index in [4.69, 9.17) is 34.4 Å². The Balaban J connectivity index is 2.71. The summed E-state index contributed by atoms with van der Waals surface area (Å²) >= 11 is 11.7. The Morgan fingerprint density at radius 1 is 1.40 bits per heavy atom. The van der Waals surface area contributed by atoms with Crippen molar-refractivity contribution in [2.24, 2.45) is 0 Å². The predicted octanol–water partition coefficient (Wildman–Crippen LogP) is 2.25. The van der Waals surface area contributed by atoms with E-state index >= 15 is 0 Å². The lowest BCUT2D eigenvalue weighted by molar-refractivity contribution is 0.401. The van der Waals surface area contributed by atoms with Gasteiger partial charge in [0, 0.05) is 5.56 Å². The highest BCUT2D eigenvalue weighted by Gasteiger charge is 2.13. The van der Waals surface area contributed by atoms with Gasteiger partial charge in [-0.25, -0.2) is 9.97 Å². The molecule has 0 amide bonds. The molecule has 0 unspecified atom stereocenters. The zero-order valence-corrected chi connectivity index (χ0v) is 11.9. The third-order valence-electron chi connectivity index (χ3n) is 2.51. The zero-order valence-electron chi connectivity index (χ0n) is 10.4. The number of hydrogen-bond donors (Lipinski definition) is 0. The minimum absolute atomic E-state index is 0.0515. The average Bonchev–Trinajstić information content (AvgIpc) is 2.40. The number of methoxy groups -OCH3 is 1. The lowest BCUT2D eigenvalue weighted by atomic mass is 10.2. The molecule has 0 spiro atoms. The van der Waals surface area contributed by atoms with E-state index in [0.29, 0.717) is 11.4 Å². The second kappa shape index (κ2) is 5.95. The molecule has 0 atom stereocenters. The third kappa shape index (κ3) is 2.77. The number of ether oxygens (including phenoxy) is 1. The molecule has 0 bridgehead atoms. The van der Waals surface area contributed by atoms with Crippen LogP contribution in [0.2, 0.25) is 10.3 Å². The van der Waals surface area contributed by atoms with Gasteiger partial charge in [0.05, 0.1) is 19.9 Å². The predicted molar refractivity (Wildman–Crippen MR) is 77.1 cm³/mol. The fraction of sp³-hybridized carbons (Fsp3) is 0.154. The summed E-state index contributed by atoms with van der Waals surface area (Å²) in [4.78, 5) is 20.2. The van der Waals surface area contributed by atoms with Crippen molar-refractivity contribution in [2.45, 2.75) is 6.54 Å². The molecule has 0 aliphatic rings. The van der Waals surface area contributed by atoms with Crippen LogP contribution >= 0.6 is 23.2 Å². The van der Waals surface area contributed by atoms with Crippen LogP contribution in [-0.2, 0) is 6.54 Å². The number of hydrogen-bond acceptors (Lipinski definition) is 4. The molecule has 0 aliphatic carbocycles. The number of pyridine rings is 1. The van der Waals surface area contributed by atoms with E-state index in [-0.39, 0.29) is 28.2 Å². The van der Waals surface area contributed by atoms with Gasteiger partial charge in [-0.15, -0.1) is 6.42 Å². The molecule has 0 aromatic carbocycles. The van der Waals surface area contributed by atoms with Crippen LogP contribution in [0.5, 0.6) is 5.75 Å². The van der Waals surface area contributed by atoms with Crippen molar-refractivity contribution < 1.29 is 4.74 Å². The molecule has 20 heavy (non-hydrogen) atoms. The van der Waals surface area contributed by atoms with Gasteiger partial charge in [-0.05, 0) is 12.1 Å². The molecule has 5 nitrogen and oxygen atoms in total. The number of aromatic nitrogens is 3. The molecule has 102 valence electrons. The van der Waals surface area contributed by atoms with Gasteiger partial charge in [0.2, 0.25) is 5.75 Å². The molecule has 0 saturated heterocycles. The first kappa shape index (κ1) is 14.4. The van der Waals surface area contributed by atoms with E-state index in [0.717, 1.165) is 0 Å². The average molecular weight is 310 g/mol. The molecule has 0 radical (unpaired) electrons. The van der Waals surface area contributed by atoms with Crippen molar-refractivity contribution in [3.05, 3.63) is 39.0 Å². The van der Waals surface area contributed by atoms with E-state index in [1.165, 1.54) is 17.9 Å². The maximum atomic E-state index is 12.2. The van der Waals surface area contributed by atoms with E-state index in [2.05, 4.69) is 15.9 Å². The first-order chi connectivity index (χ1) is 9.56. The number of halogens is 2. The van der Waals surface area contributed by atoms with Gasteiger partial charge < -0.3 is 4.74 Å². The molecular weight excluding hydrogens is 301 g/mol. The van der Waals surface area contributed by atoms with E-state index < -0.39 is 0 Å². The number of nitrogens with zero attached hydrogens (tertiary/aromatic N) is 3. The maximum Gasteiger partial charge on any atom is 0.297 e. The van der Waals surface area contributed by atoms with Gasteiger partial charge in [-0.3, -0.25) is 9.36 Å². The standard InChI is InChI=1S/C13H9Cl2N3O2/c1-3-4-18-12(16-7-9(20-2)13(18)19)8-5-10(14)17-11(15)6-8/h1,5-7H,4H2,2H3. The van der Waals surface area contributed by atoms with Gasteiger partial charge >= 0.3 is 0 Å². The summed E-state index contributed by atoms with van der Waals surface area (Å²) in [5.41, 5.74) is 0.171. The van der Waals surface area contributed by atoms with Gasteiger partial charge in [0.25, 0.3) is 5.56 Å². The Labute approximate surface area is 125 Å². The van der Waals surface area contributed by atoms with Crippen LogP contribution in [0.4, 0.5) is 0 Å². The van der Waals surface area contributed by atoms with Crippen LogP contribution < -0.4 is 10.3 Å². The van der Waals surface area contributed by atoms with Gasteiger partial charge in [-0.1, -0.05) is 29.1 Å². The number of terminal acetylenes is 1. The largest absolute Gasteiger partial charge is 0.490 e. The minimum atomic E-state index is -0.375. The van der Waals surface area contributed by atoms with Crippen molar-refractivity contribution >= 4 is 23.2 Å². The minimum Gasteiger partial charge on any atom is -0.490 e. The summed E-state index contributed by atoms with van der Waals surface area (Å²) in [5, 5.41) is 0.398. The van der Waals surface area contributed by atoms with E-state index in [9.17, 15) is 4.79 Å². The molecule has 2 aromatic rings. The Morgan fingerprint density at radius 3 is 2.60 bits per heavy atom. The van der Waals surface area contributed by atoms with Gasteiger partial charge in [0.15, 0.2) is 0 Å². The normalized spacial score (nSPS) is 10.1. The molecule has 0 fully saturated rings. The van der Waals surface area contributed by atoms with E-state index in [1.54, 1.807) is 12.1 Å². The summed E-state index contributed by atoms with van der Waals surface area (Å²) in [7, 11) is 1.39. The maximum absolute atomic E-state index is 12.2. The summed E-state index contributed by atoms with van der Waals surface area (Å²) in [5.74, 6) is 2.86. The summed E-state index contributed by atoms with van der Waals surface area (Å²) < 4.78 is 6.25. The topological polar surface area (TPSA) is 57.0 Å². The van der Waals surface area contributed by atoms with Crippen LogP contribution in [0.25, 0.3) is 11.4 Å². The van der Waals surface area contributed by atoms with Crippen molar-refractivity contribution in [1.82, 2.24) is 14.5 Å². The quantitative estimate of drug-likeness (QED) is 0.644. The van der Waals surface area contributed by atoms with Crippen LogP contribution in [0.15, 0.2) is 23.1 Å². The lowest BCUT2D eigenvalue weighted by Crippen LogP contribution is -2.23. The second-order valence-electron chi connectivity index (χ2n) is 3.75. The van der Waals surface area contributed by atoms with Crippen molar-refractivity contribution in [3.8, 4) is 29.5 Å². The summed E-state index contributed by atoms with van der Waals surface area (Å²) in [6.45, 7) is 0.0515. The van der Waals surface area contributed by atoms with Crippen molar-refractivity contribution in [1.29, 1.82) is 0 Å². The first-order valence-electron chi connectivity index (χ1n) is 5.47. The smallest absolute Gasteiger partial charge is 0.297 e. The fourth-order valence-corrected chi connectivity index (χ4v) is 2.14. The highest BCUT2D eigenvalue weighted by Crippen LogP contribution is 2.23. The van der Waals surface area contributed by atoms with Crippen LogP contribution in [0, 0.1) is 12.3 Å². The fourth-order valence-electron chi connectivity index (χ4n) is 1.68. The summed E-state index contributed by atoms with van der Waals surface area (Å²) in [6.07, 6.45) is 6.61. The Morgan fingerprint density at radius 2 is 2.05 bits per heavy atom. The Kier molecular flexibility index (Phi) is 4.28. The molecule has 0 N–H and O–H groups in total. The lowest BCUT2D eigenvalue weighted by Gasteiger charge is -2.11. The van der Waals surface area contributed by atoms with Crippen LogP contribution in [-0.4, -0.2) is 21.6 Å². The Hall–Kier alpha value is -2.03. The first-order valence-corrected chi connectivity index (χ1v) is 6.23. The Bertz CT molecular complexity index is 730. The van der Waals surface area contributed by atoms with E-state index in [1.807, 2.05) is 0 Å². The molecule has 2 heterocycles. The second-order valence-corrected chi connectivity index (χ2v) is 4.52. The molecule has 2 rings (SSSR count). The van der Waals surface area contributed by atoms with Crippen molar-refractivity contribution in [2.75, 3.05) is 7.11 Å². The molecule has 2 aromatic heterocycles. The SMILES string of the molecule is C#CCn1c(-c2cc(Cl)nc(Cl)c2)ncc(OC)c1=O. The summed E-state index contributed by atoms with van der Waals surface area (Å²) in [6, 6.07) is 3.10. The third-order valence-corrected chi connectivity index (χ3v) is 2.89. The van der Waals surface area contributed by atoms with Crippen molar-refractivity contribution in [3.63, 3.8) is 0 Å². The highest BCUT2D eigenvalue weighted by atomic mass is 35.5. The molecule has 0 aliphatic heterocycles.